The predicted molar refractivity (Wildman–Crippen MR) is 54.9 cm³/mol. The minimum Gasteiger partial charge on any atom is -0.423 e. The molecule has 0 saturated heterocycles. The normalized spacial score (nSPS) is 11.7. The average molecular weight is 214 g/mol. The smallest absolute Gasteiger partial charge is 0.423 e. The van der Waals surface area contributed by atoms with Crippen LogP contribution in [0.3, 0.4) is 0 Å². The zero-order chi connectivity index (χ0) is 11.8. The highest BCUT2D eigenvalue weighted by atomic mass is 19.1. The van der Waals surface area contributed by atoms with Gasteiger partial charge in [0.2, 0.25) is 0 Å². The van der Waals surface area contributed by atoms with Crippen LogP contribution in [0, 0.1) is 11.6 Å². The Kier molecular flexibility index (Phi) is 3.16. The molecule has 1 aromatic rings. The molecule has 2 nitrogen and oxygen atoms in total. The summed E-state index contributed by atoms with van der Waals surface area (Å²) in [7, 11) is -1.86. The van der Waals surface area contributed by atoms with Crippen molar-refractivity contribution in [3.8, 4) is 0 Å². The van der Waals surface area contributed by atoms with Gasteiger partial charge in [-0.05, 0) is 23.0 Å². The van der Waals surface area contributed by atoms with Crippen molar-refractivity contribution in [1.29, 1.82) is 0 Å². The monoisotopic (exact) mass is 214 g/mol. The third-order valence-electron chi connectivity index (χ3n) is 2.11. The summed E-state index contributed by atoms with van der Waals surface area (Å²) >= 11 is 0. The lowest BCUT2D eigenvalue weighted by atomic mass is 9.77. The quantitative estimate of drug-likeness (QED) is 0.683. The fourth-order valence-corrected chi connectivity index (χ4v) is 1.46. The molecule has 0 radical (unpaired) electrons. The molecular weight excluding hydrogens is 201 g/mol. The maximum atomic E-state index is 13.5. The van der Waals surface area contributed by atoms with Gasteiger partial charge in [0, 0.05) is 5.56 Å². The Bertz CT molecular complexity index is 349. The van der Waals surface area contributed by atoms with E-state index in [1.54, 1.807) is 20.8 Å². The first-order valence-electron chi connectivity index (χ1n) is 4.59. The van der Waals surface area contributed by atoms with Gasteiger partial charge in [0.15, 0.2) is 0 Å². The largest absolute Gasteiger partial charge is 0.488 e. The summed E-state index contributed by atoms with van der Waals surface area (Å²) in [4.78, 5) is 0. The van der Waals surface area contributed by atoms with Crippen LogP contribution in [-0.4, -0.2) is 17.2 Å². The molecule has 2 N–H and O–H groups in total. The molecule has 15 heavy (non-hydrogen) atoms. The molecule has 0 aliphatic rings. The summed E-state index contributed by atoms with van der Waals surface area (Å²) in [5, 5.41) is 17.6. The molecular formula is C10H13BF2O2. The summed E-state index contributed by atoms with van der Waals surface area (Å²) in [5.74, 6) is -1.52. The molecule has 82 valence electrons. The first-order chi connectivity index (χ1) is 6.73. The molecule has 5 heteroatoms. The summed E-state index contributed by atoms with van der Waals surface area (Å²) in [6, 6.07) is 1.88. The van der Waals surface area contributed by atoms with Gasteiger partial charge in [0.25, 0.3) is 0 Å². The van der Waals surface area contributed by atoms with E-state index in [-0.39, 0.29) is 11.0 Å². The van der Waals surface area contributed by atoms with Crippen molar-refractivity contribution in [2.45, 2.75) is 26.2 Å². The molecule has 0 aromatic heterocycles. The third kappa shape index (κ3) is 2.55. The summed E-state index contributed by atoms with van der Waals surface area (Å²) in [6.07, 6.45) is 0. The second-order valence-electron chi connectivity index (χ2n) is 4.48. The van der Waals surface area contributed by atoms with Gasteiger partial charge in [-0.3, -0.25) is 0 Å². The van der Waals surface area contributed by atoms with Gasteiger partial charge in [-0.1, -0.05) is 20.8 Å². The van der Waals surface area contributed by atoms with Crippen molar-refractivity contribution < 1.29 is 18.8 Å². The maximum Gasteiger partial charge on any atom is 0.488 e. The lowest BCUT2D eigenvalue weighted by molar-refractivity contribution is 0.423. The van der Waals surface area contributed by atoms with Gasteiger partial charge >= 0.3 is 7.12 Å². The Morgan fingerprint density at radius 2 is 1.47 bits per heavy atom. The van der Waals surface area contributed by atoms with Gasteiger partial charge < -0.3 is 10.0 Å². The van der Waals surface area contributed by atoms with Crippen LogP contribution in [0.5, 0.6) is 0 Å². The SMILES string of the molecule is CC(C)(C)c1c(F)cc(B(O)O)cc1F. The summed E-state index contributed by atoms with van der Waals surface area (Å²) in [6.45, 7) is 5.05. The molecule has 1 aromatic carbocycles. The Labute approximate surface area is 87.7 Å². The van der Waals surface area contributed by atoms with Crippen molar-refractivity contribution in [2.24, 2.45) is 0 Å². The zero-order valence-electron chi connectivity index (χ0n) is 8.88. The van der Waals surface area contributed by atoms with E-state index in [0.717, 1.165) is 12.1 Å². The fraction of sp³-hybridized carbons (Fsp3) is 0.400. The molecule has 0 aliphatic heterocycles. The summed E-state index contributed by atoms with van der Waals surface area (Å²) in [5.41, 5.74) is -0.891. The van der Waals surface area contributed by atoms with Gasteiger partial charge in [0.1, 0.15) is 11.6 Å². The van der Waals surface area contributed by atoms with Crippen LogP contribution in [-0.2, 0) is 5.41 Å². The van der Waals surface area contributed by atoms with Crippen molar-refractivity contribution in [2.75, 3.05) is 0 Å². The first kappa shape index (κ1) is 12.1. The molecule has 0 aliphatic carbocycles. The molecule has 0 heterocycles. The molecule has 0 unspecified atom stereocenters. The van der Waals surface area contributed by atoms with Crippen molar-refractivity contribution in [3.05, 3.63) is 29.3 Å². The highest BCUT2D eigenvalue weighted by Crippen LogP contribution is 2.26. The van der Waals surface area contributed by atoms with Crippen LogP contribution < -0.4 is 5.46 Å². The van der Waals surface area contributed by atoms with Crippen molar-refractivity contribution >= 4 is 12.6 Å². The molecule has 0 fully saturated rings. The van der Waals surface area contributed by atoms with Crippen molar-refractivity contribution in [3.63, 3.8) is 0 Å². The van der Waals surface area contributed by atoms with E-state index in [4.69, 9.17) is 10.0 Å². The highest BCUT2D eigenvalue weighted by molar-refractivity contribution is 6.58. The van der Waals surface area contributed by atoms with Crippen LogP contribution in [0.1, 0.15) is 26.3 Å². The minimum absolute atomic E-state index is 0.0492. The van der Waals surface area contributed by atoms with E-state index < -0.39 is 24.2 Å². The number of hydrogen-bond acceptors (Lipinski definition) is 2. The average Bonchev–Trinajstić information content (AvgIpc) is 1.99. The van der Waals surface area contributed by atoms with E-state index >= 15 is 0 Å². The molecule has 0 bridgehead atoms. The second kappa shape index (κ2) is 3.91. The Morgan fingerprint density at radius 3 is 1.73 bits per heavy atom. The Morgan fingerprint density at radius 1 is 1.07 bits per heavy atom. The van der Waals surface area contributed by atoms with E-state index in [0.29, 0.717) is 0 Å². The van der Waals surface area contributed by atoms with E-state index in [9.17, 15) is 8.78 Å². The highest BCUT2D eigenvalue weighted by Gasteiger charge is 2.25. The third-order valence-corrected chi connectivity index (χ3v) is 2.11. The van der Waals surface area contributed by atoms with E-state index in [1.165, 1.54) is 0 Å². The molecule has 0 saturated carbocycles. The standard InChI is InChI=1S/C10H13BF2O2/c1-10(2,3)9-7(12)4-6(11(14)15)5-8(9)13/h4-5,14-15H,1-3H3. The summed E-state index contributed by atoms with van der Waals surface area (Å²) < 4.78 is 27.0. The van der Waals surface area contributed by atoms with Gasteiger partial charge in [-0.25, -0.2) is 8.78 Å². The van der Waals surface area contributed by atoms with Crippen LogP contribution in [0.2, 0.25) is 0 Å². The van der Waals surface area contributed by atoms with Crippen molar-refractivity contribution in [1.82, 2.24) is 0 Å². The molecule has 0 atom stereocenters. The first-order valence-corrected chi connectivity index (χ1v) is 4.59. The minimum atomic E-state index is -1.86. The maximum absolute atomic E-state index is 13.5. The molecule has 0 amide bonds. The molecule has 1 rings (SSSR count). The fourth-order valence-electron chi connectivity index (χ4n) is 1.46. The van der Waals surface area contributed by atoms with Crippen LogP contribution in [0.25, 0.3) is 0 Å². The number of hydrogen-bond donors (Lipinski definition) is 2. The lowest BCUT2D eigenvalue weighted by Crippen LogP contribution is -2.32. The number of halogens is 2. The number of benzene rings is 1. The van der Waals surface area contributed by atoms with Crippen LogP contribution in [0.4, 0.5) is 8.78 Å². The Hall–Kier alpha value is -0.935. The van der Waals surface area contributed by atoms with Gasteiger partial charge in [-0.2, -0.15) is 0 Å². The number of rotatable bonds is 1. The van der Waals surface area contributed by atoms with E-state index in [1.807, 2.05) is 0 Å². The second-order valence-corrected chi connectivity index (χ2v) is 4.48. The van der Waals surface area contributed by atoms with Gasteiger partial charge in [-0.15, -0.1) is 0 Å². The zero-order valence-corrected chi connectivity index (χ0v) is 8.88. The van der Waals surface area contributed by atoms with E-state index in [2.05, 4.69) is 0 Å². The topological polar surface area (TPSA) is 40.5 Å². The predicted octanol–water partition coefficient (Wildman–Crippen LogP) is 0.942. The van der Waals surface area contributed by atoms with Crippen LogP contribution in [0.15, 0.2) is 12.1 Å². The van der Waals surface area contributed by atoms with Gasteiger partial charge in [0.05, 0.1) is 0 Å². The Balaban J connectivity index is 3.34. The molecule has 0 spiro atoms. The lowest BCUT2D eigenvalue weighted by Gasteiger charge is -2.21. The van der Waals surface area contributed by atoms with Crippen LogP contribution >= 0.6 is 0 Å².